The molecule has 1 saturated carbocycles. The summed E-state index contributed by atoms with van der Waals surface area (Å²) in [6.45, 7) is 8.18. The lowest BCUT2D eigenvalue weighted by molar-refractivity contribution is 0.0958. The molecule has 34 heavy (non-hydrogen) atoms. The van der Waals surface area contributed by atoms with Gasteiger partial charge >= 0.3 is 0 Å². The largest absolute Gasteiger partial charge is 0.361 e. The van der Waals surface area contributed by atoms with Gasteiger partial charge in [0.2, 0.25) is 0 Å². The molecule has 0 bridgehead atoms. The first-order chi connectivity index (χ1) is 16.4. The lowest BCUT2D eigenvalue weighted by Crippen LogP contribution is -2.65. The third kappa shape index (κ3) is 3.75. The number of hydrogen-bond donors (Lipinski definition) is 2. The number of halogens is 1. The normalized spacial score (nSPS) is 20.2. The number of nitrogens with zero attached hydrogens (tertiary/aromatic N) is 4. The number of hydrogen-bond acceptors (Lipinski definition) is 6. The fraction of sp³-hybridized carbons (Fsp3) is 0.360. The number of carbonyl (C=O) groups excluding carboxylic acids is 1. The van der Waals surface area contributed by atoms with Crippen molar-refractivity contribution in [2.24, 2.45) is 0 Å². The van der Waals surface area contributed by atoms with Crippen LogP contribution < -0.4 is 15.8 Å². The number of aromatic amines is 1. The molecule has 8 nitrogen and oxygen atoms in total. The van der Waals surface area contributed by atoms with Crippen LogP contribution in [0, 0.1) is 5.82 Å². The van der Waals surface area contributed by atoms with Gasteiger partial charge in [-0.3, -0.25) is 14.5 Å². The summed E-state index contributed by atoms with van der Waals surface area (Å²) in [7, 11) is 1.58. The molecule has 2 fully saturated rings. The molecule has 3 heterocycles. The topological polar surface area (TPSA) is 94.2 Å². The van der Waals surface area contributed by atoms with Crippen LogP contribution in [0.15, 0.2) is 47.4 Å². The third-order valence-corrected chi connectivity index (χ3v) is 6.83. The summed E-state index contributed by atoms with van der Waals surface area (Å²) in [6.07, 6.45) is 3.06. The molecule has 2 N–H and O–H groups in total. The average molecular weight is 463 g/mol. The van der Waals surface area contributed by atoms with Crippen molar-refractivity contribution in [3.05, 3.63) is 75.7 Å². The summed E-state index contributed by atoms with van der Waals surface area (Å²) < 4.78 is 14.8. The first-order valence-electron chi connectivity index (χ1n) is 11.5. The van der Waals surface area contributed by atoms with Crippen molar-refractivity contribution in [2.75, 3.05) is 25.0 Å². The van der Waals surface area contributed by atoms with Gasteiger partial charge in [0.1, 0.15) is 16.9 Å². The third-order valence-electron chi connectivity index (χ3n) is 6.83. The van der Waals surface area contributed by atoms with Gasteiger partial charge in [-0.05, 0) is 42.7 Å². The zero-order valence-electron chi connectivity index (χ0n) is 19.3. The van der Waals surface area contributed by atoms with Gasteiger partial charge in [-0.25, -0.2) is 14.4 Å². The maximum Gasteiger partial charge on any atom is 0.270 e. The number of H-pyrrole nitrogens is 1. The van der Waals surface area contributed by atoms with Gasteiger partial charge < -0.3 is 15.2 Å². The summed E-state index contributed by atoms with van der Waals surface area (Å²) in [5, 5.41) is 2.58. The number of carbonyl (C=O) groups is 1. The Kier molecular flexibility index (Phi) is 5.65. The first kappa shape index (κ1) is 22.2. The van der Waals surface area contributed by atoms with Crippen LogP contribution in [0.25, 0.3) is 11.0 Å². The van der Waals surface area contributed by atoms with Gasteiger partial charge in [0, 0.05) is 32.7 Å². The molecule has 9 heteroatoms. The van der Waals surface area contributed by atoms with Crippen molar-refractivity contribution >= 4 is 22.6 Å². The van der Waals surface area contributed by atoms with Gasteiger partial charge in [-0.1, -0.05) is 19.1 Å². The van der Waals surface area contributed by atoms with Crippen LogP contribution in [-0.2, 0) is 13.0 Å². The minimum Gasteiger partial charge on any atom is -0.361 e. The maximum absolute atomic E-state index is 14.8. The highest BCUT2D eigenvalue weighted by Gasteiger charge is 2.45. The molecular weight excluding hydrogens is 435 g/mol. The highest BCUT2D eigenvalue weighted by Crippen LogP contribution is 2.40. The van der Waals surface area contributed by atoms with Crippen LogP contribution in [0.1, 0.15) is 35.1 Å². The Morgan fingerprint density at radius 1 is 1.32 bits per heavy atom. The van der Waals surface area contributed by atoms with Crippen LogP contribution in [0.4, 0.5) is 10.1 Å². The molecule has 0 unspecified atom stereocenters. The highest BCUT2D eigenvalue weighted by atomic mass is 19.1. The van der Waals surface area contributed by atoms with Crippen LogP contribution >= 0.6 is 0 Å². The van der Waals surface area contributed by atoms with Gasteiger partial charge in [0.15, 0.2) is 5.82 Å². The number of nitrogens with one attached hydrogen (secondary N) is 2. The lowest BCUT2D eigenvalue weighted by Gasteiger charge is -2.56. The zero-order valence-corrected chi connectivity index (χ0v) is 19.3. The number of aryl methyl sites for hydroxylation is 1. The summed E-state index contributed by atoms with van der Waals surface area (Å²) in [4.78, 5) is 39.9. The molecule has 2 aromatic heterocycles. The molecular formula is C25H27FN6O2. The van der Waals surface area contributed by atoms with Crippen molar-refractivity contribution < 1.29 is 9.18 Å². The fourth-order valence-corrected chi connectivity index (χ4v) is 5.02. The standard InChI is InChI=1S/C25H27FN6O2/c1-4-18-25(34)30-20-11-15(10-17(26)22(20)29-18)13-31-7-8-32(23-14(2)9-21(23)31)16-5-6-19(28-12-16)24(33)27-3/h5-6,10-12,21,23H,2,4,7-9,13H2,1,3H3,(H,27,33)(H,30,34)/t21-,23+/m0/s1. The quantitative estimate of drug-likeness (QED) is 0.566. The fourth-order valence-electron chi connectivity index (χ4n) is 5.02. The van der Waals surface area contributed by atoms with Crippen LogP contribution in [0.3, 0.4) is 0 Å². The SMILES string of the molecule is C=C1C[C@H]2[C@@H]1N(c1ccc(C(=O)NC)nc1)CCN2Cc1cc(F)c2nc(CC)c(=O)[nH]c2c1. The molecule has 176 valence electrons. The highest BCUT2D eigenvalue weighted by molar-refractivity contribution is 5.92. The second-order valence-electron chi connectivity index (χ2n) is 8.86. The number of fused-ring (bicyclic) bond motifs is 2. The molecule has 1 aliphatic carbocycles. The number of pyridine rings is 1. The van der Waals surface area contributed by atoms with Crippen LogP contribution in [0.5, 0.6) is 0 Å². The summed E-state index contributed by atoms with van der Waals surface area (Å²) in [6, 6.07) is 7.38. The second-order valence-corrected chi connectivity index (χ2v) is 8.86. The summed E-state index contributed by atoms with van der Waals surface area (Å²) >= 11 is 0. The van der Waals surface area contributed by atoms with E-state index in [1.165, 1.54) is 6.07 Å². The van der Waals surface area contributed by atoms with Crippen molar-refractivity contribution in [1.82, 2.24) is 25.2 Å². The van der Waals surface area contributed by atoms with Gasteiger partial charge in [-0.2, -0.15) is 0 Å². The van der Waals surface area contributed by atoms with Gasteiger partial charge in [0.05, 0.1) is 23.4 Å². The van der Waals surface area contributed by atoms with E-state index in [2.05, 4.69) is 36.6 Å². The number of piperazine rings is 1. The van der Waals surface area contributed by atoms with Crippen LogP contribution in [0.2, 0.25) is 0 Å². The monoisotopic (exact) mass is 462 g/mol. The molecule has 5 rings (SSSR count). The van der Waals surface area contributed by atoms with E-state index in [0.717, 1.165) is 36.3 Å². The summed E-state index contributed by atoms with van der Waals surface area (Å²) in [5.41, 5.74) is 3.97. The van der Waals surface area contributed by atoms with Crippen molar-refractivity contribution in [2.45, 2.75) is 38.4 Å². The molecule has 1 aromatic carbocycles. The predicted octanol–water partition coefficient (Wildman–Crippen LogP) is 2.40. The van der Waals surface area contributed by atoms with Crippen molar-refractivity contribution in [3.63, 3.8) is 0 Å². The summed E-state index contributed by atoms with van der Waals surface area (Å²) in [5.74, 6) is -0.638. The maximum atomic E-state index is 14.8. The minimum absolute atomic E-state index is 0.139. The smallest absolute Gasteiger partial charge is 0.270 e. The Morgan fingerprint density at radius 2 is 2.15 bits per heavy atom. The van der Waals surface area contributed by atoms with E-state index in [1.54, 1.807) is 19.3 Å². The van der Waals surface area contributed by atoms with E-state index in [-0.39, 0.29) is 29.1 Å². The van der Waals surface area contributed by atoms with Crippen LogP contribution in [-0.4, -0.2) is 58.0 Å². The van der Waals surface area contributed by atoms with E-state index < -0.39 is 5.82 Å². The molecule has 0 spiro atoms. The average Bonchev–Trinajstić information content (AvgIpc) is 2.83. The van der Waals surface area contributed by atoms with E-state index >= 15 is 0 Å². The Bertz CT molecular complexity index is 1340. The predicted molar refractivity (Wildman–Crippen MR) is 128 cm³/mol. The van der Waals surface area contributed by atoms with E-state index in [4.69, 9.17) is 0 Å². The molecule has 0 radical (unpaired) electrons. The molecule has 3 aromatic rings. The molecule has 2 atom stereocenters. The van der Waals surface area contributed by atoms with E-state index in [0.29, 0.717) is 29.9 Å². The number of anilines is 1. The van der Waals surface area contributed by atoms with Gasteiger partial charge in [-0.15, -0.1) is 0 Å². The van der Waals surface area contributed by atoms with Crippen molar-refractivity contribution in [3.8, 4) is 0 Å². The Morgan fingerprint density at radius 3 is 2.82 bits per heavy atom. The zero-order chi connectivity index (χ0) is 24.0. The number of rotatable bonds is 5. The van der Waals surface area contributed by atoms with E-state index in [1.807, 2.05) is 19.1 Å². The minimum atomic E-state index is -0.422. The van der Waals surface area contributed by atoms with Crippen molar-refractivity contribution in [1.29, 1.82) is 0 Å². The Labute approximate surface area is 196 Å². The first-order valence-corrected chi connectivity index (χ1v) is 11.5. The lowest BCUT2D eigenvalue weighted by atomic mass is 9.77. The molecule has 1 amide bonds. The number of aromatic nitrogens is 3. The molecule has 1 saturated heterocycles. The number of amides is 1. The number of benzene rings is 1. The van der Waals surface area contributed by atoms with E-state index in [9.17, 15) is 14.0 Å². The Hall–Kier alpha value is -3.59. The Balaban J connectivity index is 1.36. The molecule has 1 aliphatic heterocycles. The van der Waals surface area contributed by atoms with Gasteiger partial charge in [0.25, 0.3) is 11.5 Å². The second kappa shape index (κ2) is 8.64. The molecule has 2 aliphatic rings.